The fraction of sp³-hybridized carbons (Fsp3) is 0.941. The van der Waals surface area contributed by atoms with Gasteiger partial charge in [0, 0.05) is 38.1 Å². The van der Waals surface area contributed by atoms with Crippen LogP contribution in [-0.4, -0.2) is 61.0 Å². The summed E-state index contributed by atoms with van der Waals surface area (Å²) in [4.78, 5) is 17.4. The molecule has 2 aliphatic heterocycles. The van der Waals surface area contributed by atoms with E-state index in [0.717, 1.165) is 70.0 Å². The zero-order valence-electron chi connectivity index (χ0n) is 13.5. The molecule has 3 atom stereocenters. The molecule has 2 saturated heterocycles. The molecule has 0 aromatic heterocycles. The molecule has 0 aromatic rings. The number of nitrogens with zero attached hydrogens (tertiary/aromatic N) is 2. The number of rotatable bonds is 2. The lowest BCUT2D eigenvalue weighted by molar-refractivity contribution is -0.138. The highest BCUT2D eigenvalue weighted by molar-refractivity contribution is 5.85. The van der Waals surface area contributed by atoms with Crippen molar-refractivity contribution in [2.24, 2.45) is 17.8 Å². The second-order valence-electron chi connectivity index (χ2n) is 7.63. The molecule has 0 aromatic carbocycles. The Morgan fingerprint density at radius 2 is 1.64 bits per heavy atom. The third-order valence-corrected chi connectivity index (χ3v) is 6.48. The molecule has 0 spiro atoms. The standard InChI is InChI=1S/C17H29N3O.ClH/c21-17(14-3-5-18-6-4-14)20-9-7-19(8-10-20)16-12-13-1-2-15(16)11-13;/h13-16,18H,1-12H2;1H. The second kappa shape index (κ2) is 7.06. The van der Waals surface area contributed by atoms with Crippen LogP contribution in [0.15, 0.2) is 0 Å². The van der Waals surface area contributed by atoms with Crippen LogP contribution in [0.5, 0.6) is 0 Å². The first-order valence-electron chi connectivity index (χ1n) is 9.05. The number of piperidine rings is 1. The van der Waals surface area contributed by atoms with Crippen molar-refractivity contribution in [2.45, 2.75) is 44.6 Å². The maximum absolute atomic E-state index is 12.6. The van der Waals surface area contributed by atoms with E-state index in [-0.39, 0.29) is 12.4 Å². The van der Waals surface area contributed by atoms with Gasteiger partial charge in [-0.1, -0.05) is 6.42 Å². The lowest BCUT2D eigenvalue weighted by Crippen LogP contribution is -2.54. The van der Waals surface area contributed by atoms with Gasteiger partial charge in [0.25, 0.3) is 0 Å². The molecule has 2 bridgehead atoms. The molecule has 1 amide bonds. The van der Waals surface area contributed by atoms with Crippen LogP contribution in [0.2, 0.25) is 0 Å². The van der Waals surface area contributed by atoms with Gasteiger partial charge in [0.05, 0.1) is 0 Å². The number of hydrogen-bond donors (Lipinski definition) is 1. The molecule has 0 radical (unpaired) electrons. The first-order chi connectivity index (χ1) is 10.3. The summed E-state index contributed by atoms with van der Waals surface area (Å²) in [6, 6.07) is 0.847. The van der Waals surface area contributed by atoms with Crippen molar-refractivity contribution < 1.29 is 4.79 Å². The van der Waals surface area contributed by atoms with Crippen LogP contribution in [0.25, 0.3) is 0 Å². The summed E-state index contributed by atoms with van der Waals surface area (Å²) in [6.07, 6.45) is 7.93. The average Bonchev–Trinajstić information content (AvgIpc) is 3.18. The lowest BCUT2D eigenvalue weighted by atomic mass is 9.93. The molecular weight excluding hydrogens is 298 g/mol. The predicted octanol–water partition coefficient (Wildman–Crippen LogP) is 1.74. The monoisotopic (exact) mass is 327 g/mol. The van der Waals surface area contributed by atoms with Crippen molar-refractivity contribution in [1.29, 1.82) is 0 Å². The first-order valence-corrected chi connectivity index (χ1v) is 9.05. The van der Waals surface area contributed by atoms with Crippen LogP contribution in [0.1, 0.15) is 38.5 Å². The van der Waals surface area contributed by atoms with Crippen molar-refractivity contribution in [3.8, 4) is 0 Å². The molecular formula is C17H30ClN3O. The van der Waals surface area contributed by atoms with Gasteiger partial charge in [0.15, 0.2) is 0 Å². The van der Waals surface area contributed by atoms with Gasteiger partial charge >= 0.3 is 0 Å². The molecule has 126 valence electrons. The Labute approximate surface area is 140 Å². The first kappa shape index (κ1) is 16.5. The summed E-state index contributed by atoms with van der Waals surface area (Å²) < 4.78 is 0. The molecule has 4 rings (SSSR count). The molecule has 3 unspecified atom stereocenters. The Morgan fingerprint density at radius 1 is 0.909 bits per heavy atom. The van der Waals surface area contributed by atoms with Gasteiger partial charge in [0.2, 0.25) is 5.91 Å². The molecule has 5 heteroatoms. The Kier molecular flexibility index (Phi) is 5.31. The minimum Gasteiger partial charge on any atom is -0.340 e. The number of halogens is 1. The second-order valence-corrected chi connectivity index (χ2v) is 7.63. The van der Waals surface area contributed by atoms with E-state index in [1.807, 2.05) is 0 Å². The Bertz CT molecular complexity index is 391. The summed E-state index contributed by atoms with van der Waals surface area (Å²) in [5.41, 5.74) is 0. The van der Waals surface area contributed by atoms with Gasteiger partial charge in [-0.25, -0.2) is 0 Å². The van der Waals surface area contributed by atoms with Gasteiger partial charge in [0.1, 0.15) is 0 Å². The highest BCUT2D eigenvalue weighted by atomic mass is 35.5. The molecule has 4 fully saturated rings. The van der Waals surface area contributed by atoms with E-state index in [1.54, 1.807) is 0 Å². The largest absolute Gasteiger partial charge is 0.340 e. The van der Waals surface area contributed by atoms with Crippen LogP contribution < -0.4 is 5.32 Å². The van der Waals surface area contributed by atoms with E-state index < -0.39 is 0 Å². The third-order valence-electron chi connectivity index (χ3n) is 6.48. The summed E-state index contributed by atoms with van der Waals surface area (Å²) in [5, 5.41) is 3.35. The van der Waals surface area contributed by atoms with Crippen LogP contribution in [0.3, 0.4) is 0 Å². The van der Waals surface area contributed by atoms with E-state index in [2.05, 4.69) is 15.1 Å². The molecule has 2 saturated carbocycles. The van der Waals surface area contributed by atoms with Crippen LogP contribution in [0, 0.1) is 17.8 Å². The number of amides is 1. The van der Waals surface area contributed by atoms with E-state index in [4.69, 9.17) is 0 Å². The fourth-order valence-electron chi connectivity index (χ4n) is 5.26. The topological polar surface area (TPSA) is 35.6 Å². The quantitative estimate of drug-likeness (QED) is 0.839. The van der Waals surface area contributed by atoms with Gasteiger partial charge in [-0.2, -0.15) is 0 Å². The Morgan fingerprint density at radius 3 is 2.23 bits per heavy atom. The number of nitrogens with one attached hydrogen (secondary N) is 1. The van der Waals surface area contributed by atoms with Gasteiger partial charge in [-0.3, -0.25) is 9.69 Å². The summed E-state index contributed by atoms with van der Waals surface area (Å²) in [7, 11) is 0. The maximum atomic E-state index is 12.6. The smallest absolute Gasteiger partial charge is 0.225 e. The zero-order chi connectivity index (χ0) is 14.2. The SMILES string of the molecule is Cl.O=C(C1CCNCC1)N1CCN(C2CC3CCC2C3)CC1. The highest BCUT2D eigenvalue weighted by Gasteiger charge is 2.43. The Balaban J connectivity index is 0.00000144. The number of hydrogen-bond acceptors (Lipinski definition) is 3. The number of carbonyl (C=O) groups excluding carboxylic acids is 1. The van der Waals surface area contributed by atoms with Gasteiger partial charge < -0.3 is 10.2 Å². The lowest BCUT2D eigenvalue weighted by Gasteiger charge is -2.42. The normalized spacial score (nSPS) is 36.4. The number of carbonyl (C=O) groups is 1. The molecule has 4 aliphatic rings. The molecule has 2 aliphatic carbocycles. The van der Waals surface area contributed by atoms with E-state index in [1.165, 1.54) is 25.7 Å². The van der Waals surface area contributed by atoms with Gasteiger partial charge in [-0.15, -0.1) is 12.4 Å². The number of fused-ring (bicyclic) bond motifs is 2. The van der Waals surface area contributed by atoms with Crippen molar-refractivity contribution >= 4 is 18.3 Å². The van der Waals surface area contributed by atoms with E-state index in [9.17, 15) is 4.79 Å². The van der Waals surface area contributed by atoms with Crippen LogP contribution in [0.4, 0.5) is 0 Å². The Hall–Kier alpha value is -0.320. The van der Waals surface area contributed by atoms with Crippen molar-refractivity contribution in [2.75, 3.05) is 39.3 Å². The van der Waals surface area contributed by atoms with E-state index >= 15 is 0 Å². The van der Waals surface area contributed by atoms with E-state index in [0.29, 0.717) is 11.8 Å². The maximum Gasteiger partial charge on any atom is 0.225 e. The predicted molar refractivity (Wildman–Crippen MR) is 90.2 cm³/mol. The molecule has 4 nitrogen and oxygen atoms in total. The molecule has 1 N–H and O–H groups in total. The van der Waals surface area contributed by atoms with Crippen LogP contribution in [-0.2, 0) is 4.79 Å². The summed E-state index contributed by atoms with van der Waals surface area (Å²) >= 11 is 0. The fourth-order valence-corrected chi connectivity index (χ4v) is 5.26. The molecule has 2 heterocycles. The highest BCUT2D eigenvalue weighted by Crippen LogP contribution is 2.46. The summed E-state index contributed by atoms with van der Waals surface area (Å²) in [5.74, 6) is 2.72. The van der Waals surface area contributed by atoms with Crippen molar-refractivity contribution in [3.05, 3.63) is 0 Å². The van der Waals surface area contributed by atoms with Crippen molar-refractivity contribution in [3.63, 3.8) is 0 Å². The van der Waals surface area contributed by atoms with Crippen molar-refractivity contribution in [1.82, 2.24) is 15.1 Å². The van der Waals surface area contributed by atoms with Crippen LogP contribution >= 0.6 is 12.4 Å². The third kappa shape index (κ3) is 3.15. The zero-order valence-corrected chi connectivity index (χ0v) is 14.3. The average molecular weight is 328 g/mol. The number of piperazine rings is 1. The molecule has 22 heavy (non-hydrogen) atoms. The minimum atomic E-state index is 0. The minimum absolute atomic E-state index is 0. The summed E-state index contributed by atoms with van der Waals surface area (Å²) in [6.45, 7) is 6.20. The van der Waals surface area contributed by atoms with Gasteiger partial charge in [-0.05, 0) is 57.0 Å².